The number of hydrogen-bond donors (Lipinski definition) is 1. The quantitative estimate of drug-likeness (QED) is 0.714. The summed E-state index contributed by atoms with van der Waals surface area (Å²) in [5, 5.41) is 9.07. The van der Waals surface area contributed by atoms with E-state index in [0.29, 0.717) is 17.2 Å². The first-order valence-electron chi connectivity index (χ1n) is 4.78. The van der Waals surface area contributed by atoms with Crippen LogP contribution in [0, 0.1) is 0 Å². The molecule has 1 amide bonds. The molecule has 0 saturated carbocycles. The van der Waals surface area contributed by atoms with E-state index in [0.717, 1.165) is 0 Å². The van der Waals surface area contributed by atoms with E-state index < -0.39 is 0 Å². The Morgan fingerprint density at radius 1 is 1.44 bits per heavy atom. The third-order valence-corrected chi connectivity index (χ3v) is 2.35. The fraction of sp³-hybridized carbons (Fsp3) is 0.182. The Morgan fingerprint density at radius 2 is 2.19 bits per heavy atom. The molecule has 0 spiro atoms. The molecule has 0 unspecified atom stereocenters. The summed E-state index contributed by atoms with van der Waals surface area (Å²) in [6.45, 7) is 1.77. The minimum absolute atomic E-state index is 0.0942. The normalized spacial score (nSPS) is 18.1. The number of carbonyl (C=O) groups excluding carboxylic acids is 1. The van der Waals surface area contributed by atoms with Crippen molar-refractivity contribution in [3.8, 4) is 5.75 Å². The number of pyridine rings is 1. The van der Waals surface area contributed by atoms with Gasteiger partial charge in [0.05, 0.1) is 11.9 Å². The predicted octanol–water partition coefficient (Wildman–Crippen LogP) is 1.02. The lowest BCUT2D eigenvalue weighted by Crippen LogP contribution is -2.25. The highest BCUT2D eigenvalue weighted by Gasteiger charge is 2.23. The summed E-state index contributed by atoms with van der Waals surface area (Å²) in [4.78, 5) is 21.2. The number of likely N-dealkylation sites (N-methyl/N-ethyl adjacent to an activating group) is 1. The van der Waals surface area contributed by atoms with Gasteiger partial charge in [-0.3, -0.25) is 14.7 Å². The number of amidine groups is 1. The first kappa shape index (κ1) is 10.4. The van der Waals surface area contributed by atoms with Gasteiger partial charge in [-0.2, -0.15) is 0 Å². The van der Waals surface area contributed by atoms with E-state index in [-0.39, 0.29) is 11.7 Å². The molecule has 5 nitrogen and oxygen atoms in total. The van der Waals surface area contributed by atoms with Crippen LogP contribution in [-0.2, 0) is 4.79 Å². The summed E-state index contributed by atoms with van der Waals surface area (Å²) in [6, 6.07) is 3.14. The van der Waals surface area contributed by atoms with E-state index in [4.69, 9.17) is 5.11 Å². The van der Waals surface area contributed by atoms with Crippen LogP contribution < -0.4 is 0 Å². The van der Waals surface area contributed by atoms with E-state index in [1.54, 1.807) is 26.1 Å². The molecule has 2 rings (SSSR count). The molecule has 1 aliphatic rings. The van der Waals surface area contributed by atoms with Crippen molar-refractivity contribution in [3.63, 3.8) is 0 Å². The molecule has 1 aromatic rings. The van der Waals surface area contributed by atoms with Crippen LogP contribution in [-0.4, -0.2) is 33.8 Å². The Kier molecular flexibility index (Phi) is 2.44. The van der Waals surface area contributed by atoms with Crippen LogP contribution in [0.15, 0.2) is 29.0 Å². The monoisotopic (exact) mass is 217 g/mol. The highest BCUT2D eigenvalue weighted by Crippen LogP contribution is 2.16. The molecule has 2 heterocycles. The number of aliphatic imine (C=N–C) groups is 1. The number of carbonyl (C=O) groups is 1. The second kappa shape index (κ2) is 3.77. The summed E-state index contributed by atoms with van der Waals surface area (Å²) in [7, 11) is 1.67. The molecule has 1 aliphatic heterocycles. The topological polar surface area (TPSA) is 65.8 Å². The summed E-state index contributed by atoms with van der Waals surface area (Å²) < 4.78 is 0. The average molecular weight is 217 g/mol. The van der Waals surface area contributed by atoms with E-state index in [1.165, 1.54) is 17.2 Å². The molecule has 0 bridgehead atoms. The summed E-state index contributed by atoms with van der Waals surface area (Å²) >= 11 is 0. The largest absolute Gasteiger partial charge is 0.506 e. The highest BCUT2D eigenvalue weighted by molar-refractivity contribution is 6.13. The van der Waals surface area contributed by atoms with Crippen LogP contribution in [0.3, 0.4) is 0 Å². The number of aromatic hydroxyl groups is 1. The van der Waals surface area contributed by atoms with Crippen LogP contribution in [0.2, 0.25) is 0 Å². The Morgan fingerprint density at radius 3 is 2.69 bits per heavy atom. The van der Waals surface area contributed by atoms with Crippen molar-refractivity contribution >= 4 is 17.8 Å². The van der Waals surface area contributed by atoms with Gasteiger partial charge >= 0.3 is 0 Å². The Labute approximate surface area is 92.8 Å². The zero-order valence-corrected chi connectivity index (χ0v) is 9.01. The number of nitrogens with zero attached hydrogens (tertiary/aromatic N) is 3. The van der Waals surface area contributed by atoms with Gasteiger partial charge in [0.1, 0.15) is 17.3 Å². The third kappa shape index (κ3) is 1.79. The number of amides is 1. The van der Waals surface area contributed by atoms with Gasteiger partial charge < -0.3 is 5.11 Å². The lowest BCUT2D eigenvalue weighted by molar-refractivity contribution is -0.121. The Bertz CT molecular complexity index is 488. The van der Waals surface area contributed by atoms with Crippen molar-refractivity contribution in [1.82, 2.24) is 9.88 Å². The second-order valence-electron chi connectivity index (χ2n) is 3.49. The standard InChI is InChI=1S/C11H11N3O2/c1-7-13-10(11(16)14(7)2)5-8-3-4-9(15)6-12-8/h3-6,15H,1-2H3/b10-5+. The zero-order chi connectivity index (χ0) is 11.7. The van der Waals surface area contributed by atoms with E-state index in [9.17, 15) is 4.79 Å². The van der Waals surface area contributed by atoms with Gasteiger partial charge in [0.25, 0.3) is 5.91 Å². The number of rotatable bonds is 1. The van der Waals surface area contributed by atoms with Gasteiger partial charge in [-0.15, -0.1) is 0 Å². The predicted molar refractivity (Wildman–Crippen MR) is 59.8 cm³/mol. The maximum atomic E-state index is 11.7. The Balaban J connectivity index is 2.32. The second-order valence-corrected chi connectivity index (χ2v) is 3.49. The van der Waals surface area contributed by atoms with Crippen LogP contribution in [0.5, 0.6) is 5.75 Å². The Hall–Kier alpha value is -2.17. The molecule has 0 aromatic carbocycles. The molecule has 0 fully saturated rings. The van der Waals surface area contributed by atoms with Crippen molar-refractivity contribution in [3.05, 3.63) is 29.7 Å². The van der Waals surface area contributed by atoms with Crippen molar-refractivity contribution in [2.45, 2.75) is 6.92 Å². The first-order chi connectivity index (χ1) is 7.58. The average Bonchev–Trinajstić information content (AvgIpc) is 2.50. The smallest absolute Gasteiger partial charge is 0.277 e. The maximum absolute atomic E-state index is 11.7. The van der Waals surface area contributed by atoms with Crippen LogP contribution in [0.4, 0.5) is 0 Å². The van der Waals surface area contributed by atoms with Gasteiger partial charge in [0.15, 0.2) is 0 Å². The fourth-order valence-corrected chi connectivity index (χ4v) is 1.33. The van der Waals surface area contributed by atoms with Gasteiger partial charge in [-0.25, -0.2) is 4.99 Å². The molecule has 0 atom stereocenters. The lowest BCUT2D eigenvalue weighted by atomic mass is 10.3. The maximum Gasteiger partial charge on any atom is 0.277 e. The molecular formula is C11H11N3O2. The molecule has 0 saturated heterocycles. The van der Waals surface area contributed by atoms with Crippen LogP contribution in [0.25, 0.3) is 6.08 Å². The fourth-order valence-electron chi connectivity index (χ4n) is 1.33. The lowest BCUT2D eigenvalue weighted by Gasteiger charge is -2.05. The van der Waals surface area contributed by atoms with Crippen molar-refractivity contribution in [2.75, 3.05) is 7.05 Å². The molecule has 0 radical (unpaired) electrons. The van der Waals surface area contributed by atoms with Gasteiger partial charge in [0.2, 0.25) is 0 Å². The van der Waals surface area contributed by atoms with Crippen molar-refractivity contribution in [2.24, 2.45) is 4.99 Å². The molecule has 5 heteroatoms. The summed E-state index contributed by atoms with van der Waals surface area (Å²) in [5.74, 6) is 0.610. The zero-order valence-electron chi connectivity index (χ0n) is 9.01. The number of hydrogen-bond acceptors (Lipinski definition) is 4. The van der Waals surface area contributed by atoms with Crippen molar-refractivity contribution < 1.29 is 9.90 Å². The van der Waals surface area contributed by atoms with E-state index in [2.05, 4.69) is 9.98 Å². The first-order valence-corrected chi connectivity index (χ1v) is 4.78. The van der Waals surface area contributed by atoms with Crippen LogP contribution >= 0.6 is 0 Å². The minimum atomic E-state index is -0.146. The minimum Gasteiger partial charge on any atom is -0.506 e. The van der Waals surface area contributed by atoms with Gasteiger partial charge in [-0.1, -0.05) is 0 Å². The summed E-state index contributed by atoms with van der Waals surface area (Å²) in [6.07, 6.45) is 2.92. The molecule has 16 heavy (non-hydrogen) atoms. The molecule has 1 aromatic heterocycles. The molecule has 1 N–H and O–H groups in total. The number of aromatic nitrogens is 1. The molecule has 82 valence electrons. The molecular weight excluding hydrogens is 206 g/mol. The van der Waals surface area contributed by atoms with Crippen molar-refractivity contribution in [1.29, 1.82) is 0 Å². The van der Waals surface area contributed by atoms with E-state index >= 15 is 0 Å². The molecule has 0 aliphatic carbocycles. The van der Waals surface area contributed by atoms with E-state index in [1.807, 2.05) is 0 Å². The van der Waals surface area contributed by atoms with Gasteiger partial charge in [0, 0.05) is 7.05 Å². The third-order valence-electron chi connectivity index (χ3n) is 2.35. The van der Waals surface area contributed by atoms with Crippen LogP contribution in [0.1, 0.15) is 12.6 Å². The summed E-state index contributed by atoms with van der Waals surface area (Å²) in [5.41, 5.74) is 0.950. The van der Waals surface area contributed by atoms with Gasteiger partial charge in [-0.05, 0) is 25.1 Å². The SMILES string of the molecule is CC1=N/C(=C/c2ccc(O)cn2)C(=O)N1C. The highest BCUT2D eigenvalue weighted by atomic mass is 16.3.